The van der Waals surface area contributed by atoms with Gasteiger partial charge in [0.15, 0.2) is 0 Å². The molecule has 0 radical (unpaired) electrons. The first kappa shape index (κ1) is 14.6. The molecular weight excluding hydrogens is 272 g/mol. The number of hydrogen-bond donors (Lipinski definition) is 3. The maximum absolute atomic E-state index is 11.8. The lowest BCUT2D eigenvalue weighted by Crippen LogP contribution is -2.32. The Morgan fingerprint density at radius 2 is 2.00 bits per heavy atom. The molecule has 1 aromatic heterocycles. The molecule has 2 aromatic rings. The molecule has 0 aliphatic carbocycles. The van der Waals surface area contributed by atoms with Crippen LogP contribution in [0.1, 0.15) is 28.4 Å². The minimum Gasteiger partial charge on any atom is -0.398 e. The fourth-order valence-corrected chi connectivity index (χ4v) is 2.00. The van der Waals surface area contributed by atoms with E-state index in [1.807, 2.05) is 6.92 Å². The molecule has 2 rings (SSSR count). The summed E-state index contributed by atoms with van der Waals surface area (Å²) in [5, 5.41) is 0. The lowest BCUT2D eigenvalue weighted by Gasteiger charge is -2.10. The number of nitrogens with zero attached hydrogens (tertiary/aromatic N) is 1. The number of amides is 1. The van der Waals surface area contributed by atoms with Crippen molar-refractivity contribution >= 4 is 11.6 Å². The fourth-order valence-electron chi connectivity index (χ4n) is 2.00. The van der Waals surface area contributed by atoms with E-state index in [9.17, 15) is 14.4 Å². The molecule has 0 saturated carbocycles. The van der Waals surface area contributed by atoms with Crippen LogP contribution >= 0.6 is 0 Å². The molecule has 0 unspecified atom stereocenters. The SMILES string of the molecule is CCc1cn(Cc2ccc(C(N)=O)cc2N)c(=O)[nH]c1=O. The Hall–Kier alpha value is -2.83. The van der Waals surface area contributed by atoms with Crippen LogP contribution < -0.4 is 22.7 Å². The second kappa shape index (κ2) is 5.66. The van der Waals surface area contributed by atoms with Gasteiger partial charge >= 0.3 is 5.69 Å². The average Bonchev–Trinajstić information content (AvgIpc) is 2.43. The number of carbonyl (C=O) groups is 1. The zero-order valence-electron chi connectivity index (χ0n) is 11.6. The van der Waals surface area contributed by atoms with Gasteiger partial charge in [-0.3, -0.25) is 19.1 Å². The van der Waals surface area contributed by atoms with Crippen LogP contribution in [-0.4, -0.2) is 15.5 Å². The van der Waals surface area contributed by atoms with Crippen molar-refractivity contribution in [3.05, 3.63) is 61.9 Å². The van der Waals surface area contributed by atoms with Crippen molar-refractivity contribution in [2.45, 2.75) is 19.9 Å². The number of aryl methyl sites for hydroxylation is 1. The molecular formula is C14H16N4O3. The van der Waals surface area contributed by atoms with Crippen molar-refractivity contribution < 1.29 is 4.79 Å². The maximum Gasteiger partial charge on any atom is 0.328 e. The number of benzene rings is 1. The van der Waals surface area contributed by atoms with E-state index in [0.717, 1.165) is 0 Å². The quantitative estimate of drug-likeness (QED) is 0.675. The summed E-state index contributed by atoms with van der Waals surface area (Å²) in [6, 6.07) is 4.65. The first-order valence-corrected chi connectivity index (χ1v) is 6.43. The molecule has 0 saturated heterocycles. The molecule has 1 heterocycles. The van der Waals surface area contributed by atoms with Gasteiger partial charge in [-0.05, 0) is 24.1 Å². The van der Waals surface area contributed by atoms with Crippen LogP contribution in [0.5, 0.6) is 0 Å². The number of rotatable bonds is 4. The summed E-state index contributed by atoms with van der Waals surface area (Å²) in [6.45, 7) is 2.03. The number of H-pyrrole nitrogens is 1. The van der Waals surface area contributed by atoms with Crippen LogP contribution in [0.2, 0.25) is 0 Å². The summed E-state index contributed by atoms with van der Waals surface area (Å²) in [5.41, 5.74) is 12.0. The second-order valence-electron chi connectivity index (χ2n) is 4.67. The lowest BCUT2D eigenvalue weighted by atomic mass is 10.1. The van der Waals surface area contributed by atoms with Gasteiger partial charge in [0.2, 0.25) is 5.91 Å². The fraction of sp³-hybridized carbons (Fsp3) is 0.214. The number of primary amides is 1. The van der Waals surface area contributed by atoms with E-state index in [1.54, 1.807) is 12.1 Å². The van der Waals surface area contributed by atoms with Gasteiger partial charge < -0.3 is 11.5 Å². The Morgan fingerprint density at radius 1 is 1.29 bits per heavy atom. The highest BCUT2D eigenvalue weighted by Gasteiger charge is 2.08. The van der Waals surface area contributed by atoms with E-state index >= 15 is 0 Å². The largest absolute Gasteiger partial charge is 0.398 e. The smallest absolute Gasteiger partial charge is 0.328 e. The monoisotopic (exact) mass is 288 g/mol. The number of nitrogens with two attached hydrogens (primary N) is 2. The summed E-state index contributed by atoms with van der Waals surface area (Å²) in [6.07, 6.45) is 2.04. The third kappa shape index (κ3) is 3.02. The van der Waals surface area contributed by atoms with Crippen LogP contribution in [-0.2, 0) is 13.0 Å². The standard InChI is InChI=1S/C14H16N4O3/c1-2-8-6-18(14(21)17-13(8)20)7-10-4-3-9(12(16)19)5-11(10)15/h3-6H,2,7,15H2,1H3,(H2,16,19)(H,17,20,21). The Kier molecular flexibility index (Phi) is 3.93. The number of hydrogen-bond acceptors (Lipinski definition) is 4. The van der Waals surface area contributed by atoms with E-state index < -0.39 is 11.6 Å². The molecule has 1 aromatic carbocycles. The van der Waals surface area contributed by atoms with E-state index in [4.69, 9.17) is 11.5 Å². The van der Waals surface area contributed by atoms with Gasteiger partial charge in [0, 0.05) is 23.0 Å². The summed E-state index contributed by atoms with van der Waals surface area (Å²) in [7, 11) is 0. The van der Waals surface area contributed by atoms with Gasteiger partial charge in [0.05, 0.1) is 6.54 Å². The Morgan fingerprint density at radius 3 is 2.57 bits per heavy atom. The summed E-state index contributed by atoms with van der Waals surface area (Å²) in [4.78, 5) is 36.6. The molecule has 0 aliphatic rings. The number of anilines is 1. The highest BCUT2D eigenvalue weighted by Crippen LogP contribution is 2.15. The van der Waals surface area contributed by atoms with Crippen molar-refractivity contribution in [2.24, 2.45) is 5.73 Å². The minimum atomic E-state index is -0.567. The maximum atomic E-state index is 11.8. The summed E-state index contributed by atoms with van der Waals surface area (Å²) < 4.78 is 1.37. The summed E-state index contributed by atoms with van der Waals surface area (Å²) >= 11 is 0. The number of nitrogen functional groups attached to an aromatic ring is 1. The number of aromatic nitrogens is 2. The Labute approximate surface area is 120 Å². The van der Waals surface area contributed by atoms with Gasteiger partial charge in [-0.25, -0.2) is 4.79 Å². The van der Waals surface area contributed by atoms with Crippen LogP contribution in [0.25, 0.3) is 0 Å². The predicted octanol–water partition coefficient (Wildman–Crippen LogP) is -0.172. The highest BCUT2D eigenvalue weighted by molar-refractivity contribution is 5.93. The molecule has 110 valence electrons. The number of nitrogens with one attached hydrogen (secondary N) is 1. The number of aromatic amines is 1. The van der Waals surface area contributed by atoms with Crippen LogP contribution in [0.3, 0.4) is 0 Å². The number of carbonyl (C=O) groups excluding carboxylic acids is 1. The Balaban J connectivity index is 2.41. The van der Waals surface area contributed by atoms with Gasteiger partial charge in [0.25, 0.3) is 5.56 Å². The first-order valence-electron chi connectivity index (χ1n) is 6.43. The van der Waals surface area contributed by atoms with Gasteiger partial charge in [0.1, 0.15) is 0 Å². The van der Waals surface area contributed by atoms with Crippen molar-refractivity contribution in [2.75, 3.05) is 5.73 Å². The second-order valence-corrected chi connectivity index (χ2v) is 4.67. The molecule has 21 heavy (non-hydrogen) atoms. The zero-order valence-corrected chi connectivity index (χ0v) is 11.6. The van der Waals surface area contributed by atoms with Gasteiger partial charge in [-0.2, -0.15) is 0 Å². The molecule has 1 amide bonds. The minimum absolute atomic E-state index is 0.202. The van der Waals surface area contributed by atoms with E-state index in [-0.39, 0.29) is 12.1 Å². The topological polar surface area (TPSA) is 124 Å². The highest BCUT2D eigenvalue weighted by atomic mass is 16.2. The molecule has 5 N–H and O–H groups in total. The molecule has 7 heteroatoms. The van der Waals surface area contributed by atoms with Gasteiger partial charge in [-0.15, -0.1) is 0 Å². The molecule has 0 bridgehead atoms. The normalized spacial score (nSPS) is 10.5. The van der Waals surface area contributed by atoms with Crippen molar-refractivity contribution in [1.29, 1.82) is 0 Å². The molecule has 0 aliphatic heterocycles. The zero-order chi connectivity index (χ0) is 15.6. The van der Waals surface area contributed by atoms with Crippen LogP contribution in [0.4, 0.5) is 5.69 Å². The first-order chi connectivity index (χ1) is 9.92. The van der Waals surface area contributed by atoms with Crippen molar-refractivity contribution in [3.8, 4) is 0 Å². The Bertz CT molecular complexity index is 805. The summed E-state index contributed by atoms with van der Waals surface area (Å²) in [5.74, 6) is -0.567. The molecule has 0 spiro atoms. The van der Waals surface area contributed by atoms with Gasteiger partial charge in [-0.1, -0.05) is 13.0 Å². The average molecular weight is 288 g/mol. The molecule has 0 atom stereocenters. The third-order valence-corrected chi connectivity index (χ3v) is 3.24. The molecule has 7 nitrogen and oxygen atoms in total. The third-order valence-electron chi connectivity index (χ3n) is 3.24. The van der Waals surface area contributed by atoms with E-state index in [2.05, 4.69) is 4.98 Å². The van der Waals surface area contributed by atoms with Crippen molar-refractivity contribution in [3.63, 3.8) is 0 Å². The van der Waals surface area contributed by atoms with E-state index in [0.29, 0.717) is 28.8 Å². The molecule has 0 fully saturated rings. The van der Waals surface area contributed by atoms with E-state index in [1.165, 1.54) is 16.8 Å². The van der Waals surface area contributed by atoms with Crippen LogP contribution in [0, 0.1) is 0 Å². The van der Waals surface area contributed by atoms with Crippen molar-refractivity contribution in [1.82, 2.24) is 9.55 Å². The van der Waals surface area contributed by atoms with Crippen LogP contribution in [0.15, 0.2) is 34.0 Å². The lowest BCUT2D eigenvalue weighted by molar-refractivity contribution is 0.100. The predicted molar refractivity (Wildman–Crippen MR) is 79.2 cm³/mol.